The third-order valence-electron chi connectivity index (χ3n) is 4.56. The lowest BCUT2D eigenvalue weighted by molar-refractivity contribution is -0.123. The summed E-state index contributed by atoms with van der Waals surface area (Å²) in [6.07, 6.45) is 1.51. The van der Waals surface area contributed by atoms with Crippen LogP contribution in [0.2, 0.25) is 0 Å². The molecule has 0 atom stereocenters. The molecule has 4 amide bonds. The lowest BCUT2D eigenvalue weighted by atomic mass is 10.0. The van der Waals surface area contributed by atoms with Gasteiger partial charge in [0.2, 0.25) is 0 Å². The van der Waals surface area contributed by atoms with Crippen LogP contribution >= 0.6 is 12.6 Å². The van der Waals surface area contributed by atoms with E-state index >= 15 is 0 Å². The van der Waals surface area contributed by atoms with Gasteiger partial charge in [-0.15, -0.1) is 12.6 Å². The van der Waals surface area contributed by atoms with Crippen molar-refractivity contribution >= 4 is 36.2 Å². The average molecular weight is 384 g/mol. The molecule has 1 fully saturated rings. The zero-order valence-corrected chi connectivity index (χ0v) is 16.2. The molecule has 8 heteroatoms. The van der Waals surface area contributed by atoms with E-state index in [1.807, 2.05) is 0 Å². The number of rotatable bonds is 4. The van der Waals surface area contributed by atoms with E-state index in [0.717, 1.165) is 4.90 Å². The fourth-order valence-electron chi connectivity index (χ4n) is 2.94. The van der Waals surface area contributed by atoms with Gasteiger partial charge < -0.3 is 10.2 Å². The Morgan fingerprint density at radius 3 is 2.48 bits per heavy atom. The van der Waals surface area contributed by atoms with Crippen LogP contribution in [0, 0.1) is 0 Å². The normalized spacial score (nSPS) is 16.0. The molecule has 0 saturated carbocycles. The lowest BCUT2D eigenvalue weighted by Gasteiger charge is -2.27. The molecule has 1 aliphatic rings. The van der Waals surface area contributed by atoms with E-state index in [2.05, 4.69) is 22.9 Å². The van der Waals surface area contributed by atoms with Crippen LogP contribution in [0.5, 0.6) is 0 Å². The summed E-state index contributed by atoms with van der Waals surface area (Å²) in [6, 6.07) is 9.77. The topological polar surface area (TPSA) is 82.6 Å². The van der Waals surface area contributed by atoms with Crippen molar-refractivity contribution in [3.63, 3.8) is 0 Å². The molecule has 27 heavy (non-hydrogen) atoms. The maximum Gasteiger partial charge on any atom is 0.332 e. The van der Waals surface area contributed by atoms with E-state index in [9.17, 15) is 14.4 Å². The van der Waals surface area contributed by atoms with Gasteiger partial charge >= 0.3 is 6.03 Å². The van der Waals surface area contributed by atoms with E-state index in [1.165, 1.54) is 23.0 Å². The van der Waals surface area contributed by atoms with Crippen molar-refractivity contribution in [1.82, 2.24) is 15.2 Å². The predicted molar refractivity (Wildman–Crippen MR) is 104 cm³/mol. The number of hydrogen-bond donors (Lipinski definition) is 2. The van der Waals surface area contributed by atoms with Gasteiger partial charge in [-0.25, -0.2) is 9.69 Å². The third-order valence-corrected chi connectivity index (χ3v) is 4.85. The highest BCUT2D eigenvalue weighted by molar-refractivity contribution is 7.80. The lowest BCUT2D eigenvalue weighted by Crippen LogP contribution is -2.43. The molecule has 0 unspecified atom stereocenters. The molecule has 140 valence electrons. The molecule has 1 saturated heterocycles. The van der Waals surface area contributed by atoms with Gasteiger partial charge in [0.15, 0.2) is 0 Å². The standard InChI is InChI=1S/C19H20N4O3S/c1-19(2)17(25)23(13-4-6-14(27)7-5-13)18(26)22(19)11-12-8-9-21-15(10-12)16(24)20-3/h4-10,27H,11H2,1-3H3,(H,20,24). The Kier molecular flexibility index (Phi) is 4.93. The van der Waals surface area contributed by atoms with Crippen molar-refractivity contribution < 1.29 is 14.4 Å². The number of carbonyl (C=O) groups is 3. The predicted octanol–water partition coefficient (Wildman–Crippen LogP) is 2.48. The fourth-order valence-corrected chi connectivity index (χ4v) is 3.09. The Morgan fingerprint density at radius 2 is 1.85 bits per heavy atom. The summed E-state index contributed by atoms with van der Waals surface area (Å²) in [5.74, 6) is -0.617. The number of thiol groups is 1. The Labute approximate surface area is 162 Å². The average Bonchev–Trinajstić information content (AvgIpc) is 2.82. The smallest absolute Gasteiger partial charge is 0.332 e. The van der Waals surface area contributed by atoms with Crippen molar-refractivity contribution in [3.05, 3.63) is 53.9 Å². The molecule has 2 heterocycles. The van der Waals surface area contributed by atoms with Gasteiger partial charge in [0.05, 0.1) is 5.69 Å². The third kappa shape index (κ3) is 3.40. The van der Waals surface area contributed by atoms with E-state index in [4.69, 9.17) is 0 Å². The number of hydrogen-bond acceptors (Lipinski definition) is 5. The molecule has 1 aromatic heterocycles. The van der Waals surface area contributed by atoms with Gasteiger partial charge in [0.25, 0.3) is 11.8 Å². The first kappa shape index (κ1) is 18.9. The molecule has 1 N–H and O–H groups in total. The highest BCUT2D eigenvalue weighted by atomic mass is 32.1. The van der Waals surface area contributed by atoms with Crippen LogP contribution in [-0.2, 0) is 11.3 Å². The zero-order valence-electron chi connectivity index (χ0n) is 15.3. The minimum Gasteiger partial charge on any atom is -0.354 e. The van der Waals surface area contributed by atoms with Gasteiger partial charge in [-0.2, -0.15) is 0 Å². The minimum atomic E-state index is -1.02. The molecule has 0 bridgehead atoms. The molecule has 0 radical (unpaired) electrons. The minimum absolute atomic E-state index is 0.186. The van der Waals surface area contributed by atoms with Crippen LogP contribution in [-0.4, -0.2) is 40.3 Å². The Balaban J connectivity index is 1.92. The maximum atomic E-state index is 13.0. The number of carbonyl (C=O) groups excluding carboxylic acids is 3. The molecular weight excluding hydrogens is 364 g/mol. The monoisotopic (exact) mass is 384 g/mol. The molecule has 0 spiro atoms. The zero-order chi connectivity index (χ0) is 19.8. The largest absolute Gasteiger partial charge is 0.354 e. The molecule has 0 aliphatic carbocycles. The van der Waals surface area contributed by atoms with Crippen LogP contribution in [0.4, 0.5) is 10.5 Å². The molecule has 1 aromatic carbocycles. The summed E-state index contributed by atoms with van der Waals surface area (Å²) in [5, 5.41) is 2.52. The Morgan fingerprint density at radius 1 is 1.19 bits per heavy atom. The highest BCUT2D eigenvalue weighted by Crippen LogP contribution is 2.33. The van der Waals surface area contributed by atoms with Gasteiger partial charge in [-0.05, 0) is 55.8 Å². The first-order valence-corrected chi connectivity index (χ1v) is 8.82. The molecule has 1 aliphatic heterocycles. The van der Waals surface area contributed by atoms with Gasteiger partial charge in [0, 0.05) is 24.7 Å². The molecular formula is C19H20N4O3S. The second-order valence-corrected chi connectivity index (χ2v) is 7.23. The van der Waals surface area contributed by atoms with Crippen LogP contribution in [0.3, 0.4) is 0 Å². The number of urea groups is 1. The molecule has 2 aromatic rings. The van der Waals surface area contributed by atoms with Crippen LogP contribution in [0.15, 0.2) is 47.5 Å². The SMILES string of the molecule is CNC(=O)c1cc(CN2C(=O)N(c3ccc(S)cc3)C(=O)C2(C)C)ccn1. The maximum absolute atomic E-state index is 13.0. The summed E-state index contributed by atoms with van der Waals surface area (Å²) in [4.78, 5) is 45.2. The van der Waals surface area contributed by atoms with Crippen molar-refractivity contribution in [2.45, 2.75) is 30.8 Å². The van der Waals surface area contributed by atoms with Crippen LogP contribution in [0.25, 0.3) is 0 Å². The molecule has 7 nitrogen and oxygen atoms in total. The van der Waals surface area contributed by atoms with Gasteiger partial charge in [-0.3, -0.25) is 14.6 Å². The van der Waals surface area contributed by atoms with Gasteiger partial charge in [0.1, 0.15) is 11.2 Å². The summed E-state index contributed by atoms with van der Waals surface area (Å²) in [5.41, 5.74) is 0.448. The summed E-state index contributed by atoms with van der Waals surface area (Å²) >= 11 is 4.23. The van der Waals surface area contributed by atoms with E-state index in [-0.39, 0.29) is 24.1 Å². The van der Waals surface area contributed by atoms with Crippen molar-refractivity contribution in [2.24, 2.45) is 0 Å². The van der Waals surface area contributed by atoms with Crippen LogP contribution in [0.1, 0.15) is 29.9 Å². The number of amides is 4. The summed E-state index contributed by atoms with van der Waals surface area (Å²) < 4.78 is 0. The van der Waals surface area contributed by atoms with Gasteiger partial charge in [-0.1, -0.05) is 0 Å². The molecule has 3 rings (SSSR count). The number of benzene rings is 1. The van der Waals surface area contributed by atoms with E-state index < -0.39 is 11.6 Å². The quantitative estimate of drug-likeness (QED) is 0.627. The summed E-state index contributed by atoms with van der Waals surface area (Å²) in [7, 11) is 1.52. The first-order chi connectivity index (χ1) is 12.8. The number of nitrogens with one attached hydrogen (secondary N) is 1. The van der Waals surface area contributed by atoms with Crippen molar-refractivity contribution in [1.29, 1.82) is 0 Å². The highest BCUT2D eigenvalue weighted by Gasteiger charge is 2.51. The first-order valence-electron chi connectivity index (χ1n) is 8.38. The number of aromatic nitrogens is 1. The van der Waals surface area contributed by atoms with E-state index in [1.54, 1.807) is 50.2 Å². The summed E-state index contributed by atoms with van der Waals surface area (Å²) in [6.45, 7) is 3.60. The van der Waals surface area contributed by atoms with Crippen molar-refractivity contribution in [3.8, 4) is 0 Å². The van der Waals surface area contributed by atoms with E-state index in [0.29, 0.717) is 11.3 Å². The number of pyridine rings is 1. The second kappa shape index (κ2) is 7.03. The fraction of sp³-hybridized carbons (Fsp3) is 0.263. The van der Waals surface area contributed by atoms with Crippen molar-refractivity contribution in [2.75, 3.05) is 11.9 Å². The second-order valence-electron chi connectivity index (χ2n) is 6.71. The number of imide groups is 1. The number of nitrogens with zero attached hydrogens (tertiary/aromatic N) is 3. The van der Waals surface area contributed by atoms with Crippen LogP contribution < -0.4 is 10.2 Å². The Bertz CT molecular complexity index is 911. The Hall–Kier alpha value is -2.87. The number of anilines is 1.